The van der Waals surface area contributed by atoms with Crippen LogP contribution >= 0.6 is 0 Å². The molecule has 1 amide bonds. The molecule has 1 unspecified atom stereocenters. The largest absolute Gasteiger partial charge is 0.481 e. The summed E-state index contributed by atoms with van der Waals surface area (Å²) in [5.74, 6) is -1.23. The maximum absolute atomic E-state index is 13.5. The van der Waals surface area contributed by atoms with E-state index in [9.17, 15) is 14.0 Å². The van der Waals surface area contributed by atoms with Crippen LogP contribution < -0.4 is 0 Å². The lowest BCUT2D eigenvalue weighted by Crippen LogP contribution is -2.40. The second-order valence-corrected chi connectivity index (χ2v) is 5.58. The number of halogens is 1. The molecule has 0 aliphatic heterocycles. The van der Waals surface area contributed by atoms with E-state index in [1.807, 2.05) is 0 Å². The summed E-state index contributed by atoms with van der Waals surface area (Å²) >= 11 is 0. The van der Waals surface area contributed by atoms with Crippen LogP contribution in [-0.4, -0.2) is 55.2 Å². The fraction of sp³-hybridized carbons (Fsp3) is 0.438. The summed E-state index contributed by atoms with van der Waals surface area (Å²) in [5.41, 5.74) is 0.627. The van der Waals surface area contributed by atoms with Gasteiger partial charge in [-0.1, -0.05) is 12.1 Å². The molecule has 0 spiro atoms. The van der Waals surface area contributed by atoms with Gasteiger partial charge in [-0.05, 0) is 42.0 Å². The number of carboxylic acids is 1. The molecule has 0 fully saturated rings. The van der Waals surface area contributed by atoms with Crippen LogP contribution in [0, 0.1) is 12.7 Å². The van der Waals surface area contributed by atoms with E-state index in [2.05, 4.69) is 15.5 Å². The number of carbonyl (C=O) groups is 2. The summed E-state index contributed by atoms with van der Waals surface area (Å²) in [6, 6.07) is 5.20. The highest BCUT2D eigenvalue weighted by Crippen LogP contribution is 2.18. The minimum absolute atomic E-state index is 0.0888. The Hall–Kier alpha value is -2.84. The Morgan fingerprint density at radius 3 is 2.72 bits per heavy atom. The molecule has 9 heteroatoms. The summed E-state index contributed by atoms with van der Waals surface area (Å²) in [6.07, 6.45) is 0.0485. The first-order chi connectivity index (χ1) is 11.9. The van der Waals surface area contributed by atoms with Crippen molar-refractivity contribution >= 4 is 11.9 Å². The minimum atomic E-state index is -0.980. The number of carboxylic acid groups (broad SMARTS) is 1. The summed E-state index contributed by atoms with van der Waals surface area (Å²) in [4.78, 5) is 25.2. The molecule has 134 valence electrons. The molecule has 0 bridgehead atoms. The number of aliphatic carboxylic acids is 1. The van der Waals surface area contributed by atoms with Gasteiger partial charge >= 0.3 is 5.97 Å². The molecular formula is C16H20FN5O3. The lowest BCUT2D eigenvalue weighted by Gasteiger charge is -2.26. The van der Waals surface area contributed by atoms with Gasteiger partial charge in [0.05, 0.1) is 6.42 Å². The molecule has 25 heavy (non-hydrogen) atoms. The summed E-state index contributed by atoms with van der Waals surface area (Å²) in [7, 11) is 0. The van der Waals surface area contributed by atoms with Crippen LogP contribution in [0.15, 0.2) is 24.3 Å². The number of aryl methyl sites for hydroxylation is 1. The standard InChI is InChI=1S/C16H20FN5O3/c1-3-21(8-7-15(23)24)16(25)14(22-11(2)18-19-20-22)10-12-5-4-6-13(17)9-12/h4-6,9,14H,3,7-8,10H2,1-2H3,(H,23,24). The van der Waals surface area contributed by atoms with Crippen molar-refractivity contribution in [1.82, 2.24) is 25.1 Å². The Morgan fingerprint density at radius 1 is 1.40 bits per heavy atom. The molecule has 2 rings (SSSR count). The Bertz CT molecular complexity index is 749. The molecule has 1 aromatic carbocycles. The third-order valence-corrected chi connectivity index (χ3v) is 3.84. The topological polar surface area (TPSA) is 101 Å². The quantitative estimate of drug-likeness (QED) is 0.769. The Kier molecular flexibility index (Phi) is 6.15. The average Bonchev–Trinajstić information content (AvgIpc) is 2.98. The van der Waals surface area contributed by atoms with E-state index in [4.69, 9.17) is 5.11 Å². The highest BCUT2D eigenvalue weighted by atomic mass is 19.1. The molecule has 0 saturated carbocycles. The zero-order valence-electron chi connectivity index (χ0n) is 14.1. The maximum atomic E-state index is 13.5. The van der Waals surface area contributed by atoms with Crippen molar-refractivity contribution in [3.8, 4) is 0 Å². The van der Waals surface area contributed by atoms with E-state index < -0.39 is 17.8 Å². The first kappa shape index (κ1) is 18.5. The van der Waals surface area contributed by atoms with Gasteiger partial charge in [-0.25, -0.2) is 9.07 Å². The number of carbonyl (C=O) groups excluding carboxylic acids is 1. The van der Waals surface area contributed by atoms with Crippen molar-refractivity contribution in [3.63, 3.8) is 0 Å². The van der Waals surface area contributed by atoms with E-state index in [0.29, 0.717) is 17.9 Å². The lowest BCUT2D eigenvalue weighted by molar-refractivity contribution is -0.139. The third-order valence-electron chi connectivity index (χ3n) is 3.84. The molecule has 0 aliphatic rings. The number of nitrogens with zero attached hydrogens (tertiary/aromatic N) is 5. The van der Waals surface area contributed by atoms with E-state index in [1.165, 1.54) is 21.7 Å². The van der Waals surface area contributed by atoms with Crippen molar-refractivity contribution in [3.05, 3.63) is 41.5 Å². The second-order valence-electron chi connectivity index (χ2n) is 5.58. The number of hydrogen-bond donors (Lipinski definition) is 1. The van der Waals surface area contributed by atoms with E-state index in [-0.39, 0.29) is 25.3 Å². The molecular weight excluding hydrogens is 329 g/mol. The molecule has 1 heterocycles. The molecule has 1 N–H and O–H groups in total. The van der Waals surface area contributed by atoms with Crippen LogP contribution in [0.25, 0.3) is 0 Å². The predicted octanol–water partition coefficient (Wildman–Crippen LogP) is 1.23. The first-order valence-electron chi connectivity index (χ1n) is 7.91. The van der Waals surface area contributed by atoms with Crippen molar-refractivity contribution in [2.45, 2.75) is 32.7 Å². The van der Waals surface area contributed by atoms with Crippen LogP contribution in [0.1, 0.15) is 30.8 Å². The molecule has 1 aromatic heterocycles. The average molecular weight is 349 g/mol. The van der Waals surface area contributed by atoms with Gasteiger partial charge < -0.3 is 10.0 Å². The number of benzene rings is 1. The summed E-state index contributed by atoms with van der Waals surface area (Å²) in [5, 5.41) is 20.1. The van der Waals surface area contributed by atoms with Gasteiger partial charge in [-0.15, -0.1) is 5.10 Å². The first-order valence-corrected chi connectivity index (χ1v) is 7.91. The van der Waals surface area contributed by atoms with Crippen molar-refractivity contribution in [2.75, 3.05) is 13.1 Å². The Morgan fingerprint density at radius 2 is 2.16 bits per heavy atom. The number of likely N-dealkylation sites (N-methyl/N-ethyl adjacent to an activating group) is 1. The number of hydrogen-bond acceptors (Lipinski definition) is 5. The van der Waals surface area contributed by atoms with Gasteiger partial charge in [0.15, 0.2) is 0 Å². The predicted molar refractivity (Wildman–Crippen MR) is 86.2 cm³/mol. The van der Waals surface area contributed by atoms with E-state index >= 15 is 0 Å². The van der Waals surface area contributed by atoms with Crippen LogP contribution in [0.2, 0.25) is 0 Å². The van der Waals surface area contributed by atoms with E-state index in [1.54, 1.807) is 26.0 Å². The highest BCUT2D eigenvalue weighted by molar-refractivity contribution is 5.81. The Labute approximate surface area is 144 Å². The SMILES string of the molecule is CCN(CCC(=O)O)C(=O)C(Cc1cccc(F)c1)n1nnnc1C. The number of tetrazole rings is 1. The van der Waals surface area contributed by atoms with E-state index in [0.717, 1.165) is 0 Å². The summed E-state index contributed by atoms with van der Waals surface area (Å²) in [6.45, 7) is 3.88. The fourth-order valence-corrected chi connectivity index (χ4v) is 2.56. The minimum Gasteiger partial charge on any atom is -0.481 e. The lowest BCUT2D eigenvalue weighted by atomic mass is 10.0. The second kappa shape index (κ2) is 8.32. The molecule has 2 aromatic rings. The van der Waals surface area contributed by atoms with Gasteiger partial charge in [0.2, 0.25) is 5.91 Å². The maximum Gasteiger partial charge on any atom is 0.305 e. The number of aromatic nitrogens is 4. The number of amides is 1. The zero-order chi connectivity index (χ0) is 18.4. The van der Waals surface area contributed by atoms with Crippen LogP contribution in [-0.2, 0) is 16.0 Å². The van der Waals surface area contributed by atoms with Gasteiger partial charge in [-0.2, -0.15) is 0 Å². The molecule has 8 nitrogen and oxygen atoms in total. The third kappa shape index (κ3) is 4.82. The van der Waals surface area contributed by atoms with Gasteiger partial charge in [0.1, 0.15) is 17.7 Å². The van der Waals surface area contributed by atoms with Gasteiger partial charge in [-0.3, -0.25) is 9.59 Å². The van der Waals surface area contributed by atoms with Crippen molar-refractivity contribution in [1.29, 1.82) is 0 Å². The summed E-state index contributed by atoms with van der Waals surface area (Å²) < 4.78 is 14.9. The van der Waals surface area contributed by atoms with Crippen LogP contribution in [0.5, 0.6) is 0 Å². The van der Waals surface area contributed by atoms with Crippen LogP contribution in [0.4, 0.5) is 4.39 Å². The van der Waals surface area contributed by atoms with Crippen molar-refractivity contribution < 1.29 is 19.1 Å². The fourth-order valence-electron chi connectivity index (χ4n) is 2.56. The highest BCUT2D eigenvalue weighted by Gasteiger charge is 2.28. The Balaban J connectivity index is 2.29. The molecule has 0 radical (unpaired) electrons. The number of rotatable bonds is 8. The van der Waals surface area contributed by atoms with Crippen LogP contribution in [0.3, 0.4) is 0 Å². The van der Waals surface area contributed by atoms with Gasteiger partial charge in [0.25, 0.3) is 0 Å². The molecule has 0 saturated heterocycles. The molecule has 0 aliphatic carbocycles. The smallest absolute Gasteiger partial charge is 0.305 e. The monoisotopic (exact) mass is 349 g/mol. The normalized spacial score (nSPS) is 12.0. The molecule has 1 atom stereocenters. The van der Waals surface area contributed by atoms with Gasteiger partial charge in [0, 0.05) is 19.5 Å². The zero-order valence-corrected chi connectivity index (χ0v) is 14.1. The van der Waals surface area contributed by atoms with Crippen molar-refractivity contribution in [2.24, 2.45) is 0 Å².